The van der Waals surface area contributed by atoms with Crippen molar-refractivity contribution in [3.05, 3.63) is 22.2 Å². The van der Waals surface area contributed by atoms with Gasteiger partial charge in [-0.3, -0.25) is 0 Å². The fourth-order valence-corrected chi connectivity index (χ4v) is 3.70. The molecule has 1 fully saturated rings. The summed E-state index contributed by atoms with van der Waals surface area (Å²) in [6, 6.07) is 1.98. The fraction of sp³-hybridized carbons (Fsp3) is 0.600. The number of nitrogens with two attached hydrogens (primary N) is 1. The summed E-state index contributed by atoms with van der Waals surface area (Å²) in [7, 11) is 1.67. The first-order valence-corrected chi connectivity index (χ1v) is 7.35. The van der Waals surface area contributed by atoms with Crippen LogP contribution in [-0.4, -0.2) is 13.7 Å². The van der Waals surface area contributed by atoms with E-state index in [1.807, 2.05) is 6.07 Å². The lowest BCUT2D eigenvalue weighted by atomic mass is 9.77. The Balaban J connectivity index is 2.11. The monoisotopic (exact) mass is 281 g/mol. The first-order valence-electron chi connectivity index (χ1n) is 6.97. The lowest BCUT2D eigenvalue weighted by molar-refractivity contribution is 0.298. The van der Waals surface area contributed by atoms with Crippen LogP contribution in [-0.2, 0) is 12.0 Å². The lowest BCUT2D eigenvalue weighted by Gasteiger charge is -2.35. The first kappa shape index (κ1) is 13.1. The fourth-order valence-electron chi connectivity index (χ4n) is 3.27. The highest BCUT2D eigenvalue weighted by Crippen LogP contribution is 2.47. The van der Waals surface area contributed by atoms with Gasteiger partial charge >= 0.3 is 0 Å². The van der Waals surface area contributed by atoms with Gasteiger partial charge in [0.15, 0.2) is 11.5 Å². The number of benzene rings is 1. The summed E-state index contributed by atoms with van der Waals surface area (Å²) < 4.78 is 11.1. The number of fused-ring (bicyclic) bond motifs is 1. The van der Waals surface area contributed by atoms with Crippen molar-refractivity contribution < 1.29 is 9.47 Å². The molecule has 0 saturated heterocycles. The normalized spacial score (nSPS) is 20.8. The van der Waals surface area contributed by atoms with Crippen LogP contribution >= 0.6 is 11.6 Å². The Bertz CT molecular complexity index is 495. The van der Waals surface area contributed by atoms with E-state index in [0.29, 0.717) is 6.61 Å². The molecule has 3 nitrogen and oxygen atoms in total. The van der Waals surface area contributed by atoms with Crippen LogP contribution in [0.25, 0.3) is 0 Å². The van der Waals surface area contributed by atoms with E-state index in [4.69, 9.17) is 26.8 Å². The summed E-state index contributed by atoms with van der Waals surface area (Å²) in [6.07, 6.45) is 6.44. The topological polar surface area (TPSA) is 44.5 Å². The predicted molar refractivity (Wildman–Crippen MR) is 76.2 cm³/mol. The van der Waals surface area contributed by atoms with Crippen LogP contribution in [0, 0.1) is 0 Å². The molecule has 0 radical (unpaired) electrons. The van der Waals surface area contributed by atoms with Crippen LogP contribution in [0.4, 0.5) is 0 Å². The highest BCUT2D eigenvalue weighted by molar-refractivity contribution is 6.32. The quantitative estimate of drug-likeness (QED) is 0.904. The Morgan fingerprint density at radius 2 is 2.05 bits per heavy atom. The number of rotatable bonds is 2. The van der Waals surface area contributed by atoms with Crippen molar-refractivity contribution in [2.24, 2.45) is 5.73 Å². The molecule has 3 rings (SSSR count). The minimum atomic E-state index is -0.305. The van der Waals surface area contributed by atoms with Gasteiger partial charge in [0.2, 0.25) is 0 Å². The maximum Gasteiger partial charge on any atom is 0.165 e. The second kappa shape index (κ2) is 4.88. The Kier molecular flexibility index (Phi) is 3.35. The molecule has 0 aromatic heterocycles. The highest BCUT2D eigenvalue weighted by Gasteiger charge is 2.35. The summed E-state index contributed by atoms with van der Waals surface area (Å²) in [5, 5.41) is 0.790. The molecule has 1 aliphatic heterocycles. The van der Waals surface area contributed by atoms with Crippen molar-refractivity contribution in [1.29, 1.82) is 0 Å². The summed E-state index contributed by atoms with van der Waals surface area (Å²) in [6.45, 7) is 0.673. The molecular weight excluding hydrogens is 262 g/mol. The van der Waals surface area contributed by atoms with Gasteiger partial charge in [0, 0.05) is 17.5 Å². The summed E-state index contributed by atoms with van der Waals surface area (Å²) in [4.78, 5) is 0. The van der Waals surface area contributed by atoms with Crippen molar-refractivity contribution in [3.8, 4) is 11.5 Å². The number of halogens is 1. The number of hydrogen-bond acceptors (Lipinski definition) is 3. The molecule has 1 aromatic rings. The Morgan fingerprint density at radius 3 is 2.74 bits per heavy atom. The predicted octanol–water partition coefficient (Wildman–Crippen LogP) is 3.40. The number of methoxy groups -OCH3 is 1. The van der Waals surface area contributed by atoms with Gasteiger partial charge in [0.05, 0.1) is 18.7 Å². The zero-order valence-electron chi connectivity index (χ0n) is 11.3. The zero-order chi connectivity index (χ0) is 13.5. The van der Waals surface area contributed by atoms with Gasteiger partial charge in [0.1, 0.15) is 0 Å². The van der Waals surface area contributed by atoms with E-state index in [-0.39, 0.29) is 5.54 Å². The molecular formula is C15H20ClNO2. The molecule has 104 valence electrons. The van der Waals surface area contributed by atoms with Crippen LogP contribution in [0.3, 0.4) is 0 Å². The maximum atomic E-state index is 6.62. The summed E-state index contributed by atoms with van der Waals surface area (Å²) in [5.41, 5.74) is 8.41. The second-order valence-corrected chi connectivity index (χ2v) is 5.94. The third-order valence-corrected chi connectivity index (χ3v) is 4.81. The van der Waals surface area contributed by atoms with Gasteiger partial charge in [-0.25, -0.2) is 0 Å². The molecule has 1 aromatic carbocycles. The minimum Gasteiger partial charge on any atom is -0.493 e. The van der Waals surface area contributed by atoms with E-state index in [9.17, 15) is 0 Å². The number of hydrogen-bond donors (Lipinski definition) is 1. The summed E-state index contributed by atoms with van der Waals surface area (Å²) in [5.74, 6) is 1.57. The van der Waals surface area contributed by atoms with E-state index in [1.165, 1.54) is 19.3 Å². The molecule has 2 aliphatic rings. The van der Waals surface area contributed by atoms with Crippen LogP contribution in [0.15, 0.2) is 6.07 Å². The first-order chi connectivity index (χ1) is 9.15. The molecule has 0 amide bonds. The largest absolute Gasteiger partial charge is 0.493 e. The van der Waals surface area contributed by atoms with Crippen LogP contribution < -0.4 is 15.2 Å². The Morgan fingerprint density at radius 1 is 1.32 bits per heavy atom. The van der Waals surface area contributed by atoms with Crippen molar-refractivity contribution >= 4 is 11.6 Å². The molecule has 0 atom stereocenters. The summed E-state index contributed by atoms with van der Waals surface area (Å²) >= 11 is 6.59. The van der Waals surface area contributed by atoms with Gasteiger partial charge in [-0.2, -0.15) is 0 Å². The van der Waals surface area contributed by atoms with Crippen molar-refractivity contribution in [1.82, 2.24) is 0 Å². The van der Waals surface area contributed by atoms with E-state index in [1.54, 1.807) is 7.11 Å². The van der Waals surface area contributed by atoms with Crippen molar-refractivity contribution in [2.75, 3.05) is 13.7 Å². The minimum absolute atomic E-state index is 0.305. The average molecular weight is 282 g/mol. The molecule has 0 spiro atoms. The van der Waals surface area contributed by atoms with Gasteiger partial charge in [-0.1, -0.05) is 30.9 Å². The smallest absolute Gasteiger partial charge is 0.165 e. The molecule has 0 bridgehead atoms. The van der Waals surface area contributed by atoms with E-state index >= 15 is 0 Å². The Labute approximate surface area is 119 Å². The van der Waals surface area contributed by atoms with Crippen molar-refractivity contribution in [2.45, 2.75) is 44.1 Å². The molecule has 2 N–H and O–H groups in total. The van der Waals surface area contributed by atoms with E-state index in [2.05, 4.69) is 0 Å². The van der Waals surface area contributed by atoms with Crippen LogP contribution in [0.1, 0.15) is 43.2 Å². The molecule has 1 heterocycles. The van der Waals surface area contributed by atoms with Gasteiger partial charge in [0.25, 0.3) is 0 Å². The standard InChI is InChI=1S/C15H20ClNO2/c1-18-12-9-11(15(17)6-3-2-4-7-15)13(16)10-5-8-19-14(10)12/h9H,2-8,17H2,1H3. The third kappa shape index (κ3) is 2.09. The van der Waals surface area contributed by atoms with Gasteiger partial charge in [-0.15, -0.1) is 0 Å². The molecule has 1 saturated carbocycles. The lowest BCUT2D eigenvalue weighted by Crippen LogP contribution is -2.39. The van der Waals surface area contributed by atoms with Gasteiger partial charge < -0.3 is 15.2 Å². The van der Waals surface area contributed by atoms with E-state index < -0.39 is 0 Å². The van der Waals surface area contributed by atoms with Crippen molar-refractivity contribution in [3.63, 3.8) is 0 Å². The maximum absolute atomic E-state index is 6.62. The molecule has 19 heavy (non-hydrogen) atoms. The zero-order valence-corrected chi connectivity index (χ0v) is 12.1. The molecule has 1 aliphatic carbocycles. The highest BCUT2D eigenvalue weighted by atomic mass is 35.5. The third-order valence-electron chi connectivity index (χ3n) is 4.38. The molecule has 4 heteroatoms. The van der Waals surface area contributed by atoms with Crippen LogP contribution in [0.2, 0.25) is 5.02 Å². The number of ether oxygens (including phenoxy) is 2. The van der Waals surface area contributed by atoms with Gasteiger partial charge in [-0.05, 0) is 24.5 Å². The van der Waals surface area contributed by atoms with E-state index in [0.717, 1.165) is 46.9 Å². The average Bonchev–Trinajstić information content (AvgIpc) is 2.90. The SMILES string of the molecule is COc1cc(C2(N)CCCCC2)c(Cl)c2c1OCC2. The Hall–Kier alpha value is -0.930. The molecule has 0 unspecified atom stereocenters. The second-order valence-electron chi connectivity index (χ2n) is 5.56. The van der Waals surface area contributed by atoms with Crippen LogP contribution in [0.5, 0.6) is 11.5 Å².